The fourth-order valence-corrected chi connectivity index (χ4v) is 3.59. The van der Waals surface area contributed by atoms with Crippen LogP contribution < -0.4 is 10.6 Å². The zero-order valence-electron chi connectivity index (χ0n) is 11.1. The first-order valence-electron chi connectivity index (χ1n) is 6.73. The number of carbonyl (C=O) groups excluding carboxylic acids is 2. The zero-order chi connectivity index (χ0) is 14.5. The van der Waals surface area contributed by atoms with Crippen LogP contribution in [0.2, 0.25) is 0 Å². The van der Waals surface area contributed by atoms with Crippen LogP contribution in [0.1, 0.15) is 19.3 Å². The lowest BCUT2D eigenvalue weighted by Gasteiger charge is -2.33. The average molecular weight is 301 g/mol. The normalized spacial score (nSPS) is 26.8. The molecule has 8 heteroatoms. The van der Waals surface area contributed by atoms with Crippen molar-refractivity contribution in [1.29, 1.82) is 0 Å². The third kappa shape index (κ3) is 3.78. The van der Waals surface area contributed by atoms with Crippen LogP contribution in [0.3, 0.4) is 0 Å². The lowest BCUT2D eigenvalue weighted by atomic mass is 10.2. The number of aliphatic carboxylic acids is 1. The van der Waals surface area contributed by atoms with Crippen LogP contribution in [0.5, 0.6) is 0 Å². The Balaban J connectivity index is 1.87. The van der Waals surface area contributed by atoms with Gasteiger partial charge in [-0.2, -0.15) is 11.8 Å². The topological polar surface area (TPSA) is 98.7 Å². The van der Waals surface area contributed by atoms with E-state index in [9.17, 15) is 14.4 Å². The van der Waals surface area contributed by atoms with Crippen molar-refractivity contribution >= 4 is 29.7 Å². The Morgan fingerprint density at radius 3 is 2.90 bits per heavy atom. The highest BCUT2D eigenvalue weighted by Crippen LogP contribution is 2.24. The van der Waals surface area contributed by atoms with Gasteiger partial charge in [-0.1, -0.05) is 6.42 Å². The minimum Gasteiger partial charge on any atom is -0.480 e. The monoisotopic (exact) mass is 301 g/mol. The van der Waals surface area contributed by atoms with E-state index in [-0.39, 0.29) is 19.0 Å². The summed E-state index contributed by atoms with van der Waals surface area (Å²) in [6, 6.07) is -1.47. The Bertz CT molecular complexity index is 398. The number of carboxylic acid groups (broad SMARTS) is 1. The molecule has 2 aliphatic heterocycles. The van der Waals surface area contributed by atoms with Crippen molar-refractivity contribution in [3.05, 3.63) is 0 Å². The maximum Gasteiger partial charge on any atom is 0.328 e. The first-order chi connectivity index (χ1) is 9.58. The molecule has 3 N–H and O–H groups in total. The van der Waals surface area contributed by atoms with Crippen molar-refractivity contribution < 1.29 is 19.5 Å². The van der Waals surface area contributed by atoms with Crippen LogP contribution >= 0.6 is 11.8 Å². The Kier molecular flexibility index (Phi) is 5.11. The van der Waals surface area contributed by atoms with E-state index in [2.05, 4.69) is 10.6 Å². The number of hydrogen-bond acceptors (Lipinski definition) is 4. The fraction of sp³-hybridized carbons (Fsp3) is 0.750. The molecule has 2 saturated heterocycles. The first kappa shape index (κ1) is 15.0. The standard InChI is InChI=1S/C12H19N3O4S/c16-10-7-15(9(6-13-10)11(17)18)12(19)14-5-8-3-1-2-4-20-8/h8-9H,1-7H2,(H,13,16)(H,14,19)(H,17,18). The number of amides is 3. The molecule has 2 atom stereocenters. The van der Waals surface area contributed by atoms with Crippen molar-refractivity contribution in [2.24, 2.45) is 0 Å². The summed E-state index contributed by atoms with van der Waals surface area (Å²) >= 11 is 1.83. The number of carbonyl (C=O) groups is 3. The molecule has 0 spiro atoms. The maximum atomic E-state index is 12.1. The maximum absolute atomic E-state index is 12.1. The summed E-state index contributed by atoms with van der Waals surface area (Å²) in [5.74, 6) is -0.332. The Labute approximate surface area is 121 Å². The molecule has 0 aromatic carbocycles. The average Bonchev–Trinajstić information content (AvgIpc) is 2.45. The minimum atomic E-state index is -1.10. The highest BCUT2D eigenvalue weighted by Gasteiger charge is 2.35. The second-order valence-corrected chi connectivity index (χ2v) is 6.37. The summed E-state index contributed by atoms with van der Waals surface area (Å²) < 4.78 is 0. The van der Waals surface area contributed by atoms with Gasteiger partial charge in [0, 0.05) is 18.3 Å². The summed E-state index contributed by atoms with van der Waals surface area (Å²) in [5.41, 5.74) is 0. The van der Waals surface area contributed by atoms with Crippen molar-refractivity contribution in [2.45, 2.75) is 30.6 Å². The molecule has 2 heterocycles. The van der Waals surface area contributed by atoms with Gasteiger partial charge < -0.3 is 15.7 Å². The smallest absolute Gasteiger partial charge is 0.328 e. The van der Waals surface area contributed by atoms with Crippen LogP contribution in [0, 0.1) is 0 Å². The van der Waals surface area contributed by atoms with Gasteiger partial charge in [-0.25, -0.2) is 9.59 Å². The van der Waals surface area contributed by atoms with Gasteiger partial charge in [-0.3, -0.25) is 9.69 Å². The second kappa shape index (κ2) is 6.83. The first-order valence-corrected chi connectivity index (χ1v) is 7.78. The molecule has 0 radical (unpaired) electrons. The van der Waals surface area contributed by atoms with E-state index in [1.807, 2.05) is 11.8 Å². The number of carboxylic acids is 1. The molecule has 0 aromatic heterocycles. The Morgan fingerprint density at radius 1 is 1.45 bits per heavy atom. The molecule has 7 nitrogen and oxygen atoms in total. The molecule has 2 fully saturated rings. The summed E-state index contributed by atoms with van der Waals surface area (Å²) in [6.45, 7) is 0.272. The minimum absolute atomic E-state index is 0.0419. The van der Waals surface area contributed by atoms with Gasteiger partial charge in [0.15, 0.2) is 0 Å². The molecule has 0 bridgehead atoms. The van der Waals surface area contributed by atoms with Crippen molar-refractivity contribution in [1.82, 2.24) is 15.5 Å². The molecular formula is C12H19N3O4S. The Hall–Kier alpha value is -1.44. The van der Waals surface area contributed by atoms with E-state index in [1.54, 1.807) is 0 Å². The van der Waals surface area contributed by atoms with E-state index in [1.165, 1.54) is 6.42 Å². The third-order valence-electron chi connectivity index (χ3n) is 3.48. The van der Waals surface area contributed by atoms with Gasteiger partial charge >= 0.3 is 12.0 Å². The van der Waals surface area contributed by atoms with E-state index < -0.39 is 18.0 Å². The number of nitrogens with zero attached hydrogens (tertiary/aromatic N) is 1. The summed E-state index contributed by atoms with van der Waals surface area (Å²) in [7, 11) is 0. The van der Waals surface area contributed by atoms with Gasteiger partial charge in [0.2, 0.25) is 5.91 Å². The highest BCUT2D eigenvalue weighted by atomic mass is 32.2. The predicted octanol–water partition coefficient (Wildman–Crippen LogP) is -0.133. The summed E-state index contributed by atoms with van der Waals surface area (Å²) in [4.78, 5) is 35.6. The van der Waals surface area contributed by atoms with Gasteiger partial charge in [-0.15, -0.1) is 0 Å². The lowest BCUT2D eigenvalue weighted by molar-refractivity contribution is -0.144. The molecule has 0 saturated carbocycles. The van der Waals surface area contributed by atoms with E-state index in [0.29, 0.717) is 11.8 Å². The molecule has 3 amide bonds. The van der Waals surface area contributed by atoms with Crippen molar-refractivity contribution in [3.63, 3.8) is 0 Å². The number of hydrogen-bond donors (Lipinski definition) is 3. The van der Waals surface area contributed by atoms with E-state index >= 15 is 0 Å². The molecular weight excluding hydrogens is 282 g/mol. The number of piperazine rings is 1. The number of nitrogens with one attached hydrogen (secondary N) is 2. The highest BCUT2D eigenvalue weighted by molar-refractivity contribution is 7.99. The van der Waals surface area contributed by atoms with Gasteiger partial charge in [0.1, 0.15) is 12.6 Å². The number of thioether (sulfide) groups is 1. The predicted molar refractivity (Wildman–Crippen MR) is 74.6 cm³/mol. The van der Waals surface area contributed by atoms with E-state index in [0.717, 1.165) is 23.5 Å². The van der Waals surface area contributed by atoms with Crippen LogP contribution in [0.15, 0.2) is 0 Å². The van der Waals surface area contributed by atoms with Crippen LogP contribution in [0.25, 0.3) is 0 Å². The number of rotatable bonds is 3. The molecule has 112 valence electrons. The summed E-state index contributed by atoms with van der Waals surface area (Å²) in [5, 5.41) is 14.7. The van der Waals surface area contributed by atoms with Gasteiger partial charge in [-0.05, 0) is 18.6 Å². The SMILES string of the molecule is O=C1CN(C(=O)NCC2CCCCS2)C(C(=O)O)CN1. The Morgan fingerprint density at radius 2 is 2.25 bits per heavy atom. The third-order valence-corrected chi connectivity index (χ3v) is 4.88. The molecule has 2 rings (SSSR count). The quantitative estimate of drug-likeness (QED) is 0.674. The molecule has 20 heavy (non-hydrogen) atoms. The van der Waals surface area contributed by atoms with Crippen molar-refractivity contribution in [3.8, 4) is 0 Å². The summed E-state index contributed by atoms with van der Waals surface area (Å²) in [6.07, 6.45) is 3.44. The molecule has 0 aromatic rings. The van der Waals surface area contributed by atoms with Gasteiger partial charge in [0.05, 0.1) is 0 Å². The van der Waals surface area contributed by atoms with E-state index in [4.69, 9.17) is 5.11 Å². The van der Waals surface area contributed by atoms with Crippen LogP contribution in [-0.2, 0) is 9.59 Å². The molecule has 2 aliphatic rings. The molecule has 2 unspecified atom stereocenters. The van der Waals surface area contributed by atoms with Crippen molar-refractivity contribution in [2.75, 3.05) is 25.4 Å². The fourth-order valence-electron chi connectivity index (χ4n) is 2.35. The van der Waals surface area contributed by atoms with Crippen LogP contribution in [0.4, 0.5) is 4.79 Å². The second-order valence-electron chi connectivity index (χ2n) is 4.96. The van der Waals surface area contributed by atoms with Gasteiger partial charge in [0.25, 0.3) is 0 Å². The lowest BCUT2D eigenvalue weighted by Crippen LogP contribution is -2.61. The zero-order valence-corrected chi connectivity index (χ0v) is 11.9. The largest absolute Gasteiger partial charge is 0.480 e. The molecule has 0 aliphatic carbocycles. The number of urea groups is 1. The van der Waals surface area contributed by atoms with Crippen LogP contribution in [-0.4, -0.2) is 64.6 Å².